The quantitative estimate of drug-likeness (QED) is 0.709. The predicted octanol–water partition coefficient (Wildman–Crippen LogP) is 3.43. The van der Waals surface area contributed by atoms with Crippen LogP contribution < -0.4 is 10.1 Å². The molecule has 2 aromatic rings. The van der Waals surface area contributed by atoms with Crippen molar-refractivity contribution in [2.75, 3.05) is 13.7 Å². The number of hydrogen-bond acceptors (Lipinski definition) is 3. The Morgan fingerprint density at radius 1 is 1.03 bits per heavy atom. The molecule has 1 aliphatic rings. The highest BCUT2D eigenvalue weighted by Crippen LogP contribution is 2.40. The van der Waals surface area contributed by atoms with E-state index in [4.69, 9.17) is 4.74 Å². The van der Waals surface area contributed by atoms with Gasteiger partial charge in [-0.1, -0.05) is 42.5 Å². The van der Waals surface area contributed by atoms with Gasteiger partial charge < -0.3 is 15.0 Å². The third-order valence-electron chi connectivity index (χ3n) is 5.42. The Morgan fingerprint density at radius 2 is 1.72 bits per heavy atom. The van der Waals surface area contributed by atoms with E-state index in [0.717, 1.165) is 23.3 Å². The molecule has 0 aromatic heterocycles. The molecule has 3 rings (SSSR count). The van der Waals surface area contributed by atoms with Crippen molar-refractivity contribution in [3.63, 3.8) is 0 Å². The zero-order valence-electron chi connectivity index (χ0n) is 17.4. The highest BCUT2D eigenvalue weighted by atomic mass is 16.5. The highest BCUT2D eigenvalue weighted by molar-refractivity contribution is 5.92. The number of nitrogens with zero attached hydrogens (tertiary/aromatic N) is 1. The Hall–Kier alpha value is -2.82. The third kappa shape index (κ3) is 5.59. The molecule has 1 N–H and O–H groups in total. The molecule has 0 bridgehead atoms. The summed E-state index contributed by atoms with van der Waals surface area (Å²) in [5, 5.41) is 2.98. The van der Waals surface area contributed by atoms with Crippen LogP contribution in [0.2, 0.25) is 0 Å². The molecule has 0 saturated heterocycles. The summed E-state index contributed by atoms with van der Waals surface area (Å²) in [5.74, 6) is 0.499. The first kappa shape index (κ1) is 20.9. The van der Waals surface area contributed by atoms with Crippen LogP contribution in [-0.2, 0) is 22.6 Å². The zero-order valence-corrected chi connectivity index (χ0v) is 17.4. The lowest BCUT2D eigenvalue weighted by atomic mass is 10.1. The number of rotatable bonds is 9. The topological polar surface area (TPSA) is 58.6 Å². The summed E-state index contributed by atoms with van der Waals surface area (Å²) < 4.78 is 5.15. The first-order chi connectivity index (χ1) is 14.0. The van der Waals surface area contributed by atoms with Crippen LogP contribution >= 0.6 is 0 Å². The van der Waals surface area contributed by atoms with Crippen molar-refractivity contribution in [3.8, 4) is 5.75 Å². The van der Waals surface area contributed by atoms with E-state index in [2.05, 4.69) is 5.32 Å². The van der Waals surface area contributed by atoms with Crippen molar-refractivity contribution in [1.29, 1.82) is 0 Å². The first-order valence-electron chi connectivity index (χ1n) is 10.2. The second-order valence-corrected chi connectivity index (χ2v) is 7.88. The maximum atomic E-state index is 13.0. The standard InChI is InChI=1S/C24H30N2O3/c1-17(2)26(16-19-7-5-4-6-8-19)24(28)22-15-21(22)23(27)25-14-13-18-9-11-20(29-3)12-10-18/h4-12,17,21-22H,13-16H2,1-3H3,(H,25,27). The molecular formula is C24H30N2O3. The summed E-state index contributed by atoms with van der Waals surface area (Å²) in [5.41, 5.74) is 2.25. The van der Waals surface area contributed by atoms with E-state index in [1.54, 1.807) is 7.11 Å². The van der Waals surface area contributed by atoms with Crippen molar-refractivity contribution in [3.05, 3.63) is 65.7 Å². The zero-order chi connectivity index (χ0) is 20.8. The van der Waals surface area contributed by atoms with Crippen LogP contribution in [-0.4, -0.2) is 36.4 Å². The first-order valence-corrected chi connectivity index (χ1v) is 10.2. The molecule has 29 heavy (non-hydrogen) atoms. The lowest BCUT2D eigenvalue weighted by Gasteiger charge is -2.27. The molecule has 0 heterocycles. The third-order valence-corrected chi connectivity index (χ3v) is 5.42. The second kappa shape index (κ2) is 9.59. The molecule has 2 unspecified atom stereocenters. The fourth-order valence-corrected chi connectivity index (χ4v) is 3.52. The fourth-order valence-electron chi connectivity index (χ4n) is 3.52. The van der Waals surface area contributed by atoms with Crippen LogP contribution in [0.1, 0.15) is 31.4 Å². The Morgan fingerprint density at radius 3 is 2.34 bits per heavy atom. The van der Waals surface area contributed by atoms with Gasteiger partial charge in [0.25, 0.3) is 0 Å². The van der Waals surface area contributed by atoms with E-state index in [1.807, 2.05) is 73.3 Å². The molecule has 5 nitrogen and oxygen atoms in total. The van der Waals surface area contributed by atoms with Crippen LogP contribution in [0.15, 0.2) is 54.6 Å². The number of carbonyl (C=O) groups is 2. The van der Waals surface area contributed by atoms with Crippen LogP contribution in [0.3, 0.4) is 0 Å². The number of benzene rings is 2. The highest BCUT2D eigenvalue weighted by Gasteiger charge is 2.49. The minimum absolute atomic E-state index is 0.0136. The van der Waals surface area contributed by atoms with Crippen molar-refractivity contribution in [1.82, 2.24) is 10.2 Å². The molecule has 0 radical (unpaired) electrons. The van der Waals surface area contributed by atoms with Crippen LogP contribution in [0.4, 0.5) is 0 Å². The second-order valence-electron chi connectivity index (χ2n) is 7.88. The molecule has 1 aliphatic carbocycles. The van der Waals surface area contributed by atoms with Gasteiger partial charge in [0.15, 0.2) is 0 Å². The minimum Gasteiger partial charge on any atom is -0.497 e. The van der Waals surface area contributed by atoms with Gasteiger partial charge in [-0.15, -0.1) is 0 Å². The van der Waals surface area contributed by atoms with Crippen molar-refractivity contribution >= 4 is 11.8 Å². The Bertz CT molecular complexity index is 818. The number of ether oxygens (including phenoxy) is 1. The van der Waals surface area contributed by atoms with Crippen molar-refractivity contribution < 1.29 is 14.3 Å². The molecular weight excluding hydrogens is 364 g/mol. The average molecular weight is 395 g/mol. The summed E-state index contributed by atoms with van der Waals surface area (Å²) in [7, 11) is 1.64. The van der Waals surface area contributed by atoms with E-state index in [9.17, 15) is 9.59 Å². The van der Waals surface area contributed by atoms with Gasteiger partial charge in [-0.3, -0.25) is 9.59 Å². The average Bonchev–Trinajstić information content (AvgIpc) is 3.53. The largest absolute Gasteiger partial charge is 0.497 e. The SMILES string of the molecule is COc1ccc(CCNC(=O)C2CC2C(=O)N(Cc2ccccc2)C(C)C)cc1. The molecule has 1 fully saturated rings. The predicted molar refractivity (Wildman–Crippen MR) is 113 cm³/mol. The number of carbonyl (C=O) groups excluding carboxylic acids is 2. The van der Waals surface area contributed by atoms with Gasteiger partial charge in [0, 0.05) is 19.1 Å². The molecule has 154 valence electrons. The van der Waals surface area contributed by atoms with Gasteiger partial charge in [-0.05, 0) is 49.9 Å². The van der Waals surface area contributed by atoms with E-state index in [0.29, 0.717) is 19.5 Å². The molecule has 2 aromatic carbocycles. The number of amides is 2. The monoisotopic (exact) mass is 394 g/mol. The summed E-state index contributed by atoms with van der Waals surface area (Å²) in [4.78, 5) is 27.3. The normalized spacial score (nSPS) is 17.7. The summed E-state index contributed by atoms with van der Waals surface area (Å²) >= 11 is 0. The van der Waals surface area contributed by atoms with Crippen molar-refractivity contribution in [2.24, 2.45) is 11.8 Å². The maximum absolute atomic E-state index is 13.0. The van der Waals surface area contributed by atoms with Gasteiger partial charge >= 0.3 is 0 Å². The number of hydrogen-bond donors (Lipinski definition) is 1. The van der Waals surface area contributed by atoms with Crippen LogP contribution in [0.5, 0.6) is 5.75 Å². The summed E-state index contributed by atoms with van der Waals surface area (Å²) in [6.45, 7) is 5.19. The van der Waals surface area contributed by atoms with Crippen LogP contribution in [0.25, 0.3) is 0 Å². The lowest BCUT2D eigenvalue weighted by molar-refractivity contribution is -0.136. The Balaban J connectivity index is 1.47. The molecule has 2 amide bonds. The van der Waals surface area contributed by atoms with Crippen LogP contribution in [0, 0.1) is 11.8 Å². The van der Waals surface area contributed by atoms with E-state index in [1.165, 1.54) is 0 Å². The van der Waals surface area contributed by atoms with E-state index >= 15 is 0 Å². The molecule has 2 atom stereocenters. The number of nitrogens with one attached hydrogen (secondary N) is 1. The molecule has 0 aliphatic heterocycles. The van der Waals surface area contributed by atoms with Gasteiger partial charge in [0.2, 0.25) is 11.8 Å². The number of methoxy groups -OCH3 is 1. The van der Waals surface area contributed by atoms with Gasteiger partial charge in [0.05, 0.1) is 18.9 Å². The maximum Gasteiger partial charge on any atom is 0.227 e. The minimum atomic E-state index is -0.199. The van der Waals surface area contributed by atoms with E-state index < -0.39 is 0 Å². The van der Waals surface area contributed by atoms with Gasteiger partial charge in [0.1, 0.15) is 5.75 Å². The smallest absolute Gasteiger partial charge is 0.227 e. The molecule has 5 heteroatoms. The summed E-state index contributed by atoms with van der Waals surface area (Å²) in [6.07, 6.45) is 1.40. The molecule has 0 spiro atoms. The Kier molecular flexibility index (Phi) is 6.91. The lowest BCUT2D eigenvalue weighted by Crippen LogP contribution is -2.38. The Labute approximate surface area is 173 Å². The molecule has 1 saturated carbocycles. The fraction of sp³-hybridized carbons (Fsp3) is 0.417. The summed E-state index contributed by atoms with van der Waals surface area (Å²) in [6, 6.07) is 17.9. The van der Waals surface area contributed by atoms with Gasteiger partial charge in [-0.2, -0.15) is 0 Å². The van der Waals surface area contributed by atoms with Gasteiger partial charge in [-0.25, -0.2) is 0 Å². The van der Waals surface area contributed by atoms with Crippen molar-refractivity contribution in [2.45, 2.75) is 39.3 Å². The van der Waals surface area contributed by atoms with E-state index in [-0.39, 0.29) is 29.7 Å².